The molecule has 0 fully saturated rings. The van der Waals surface area contributed by atoms with Crippen molar-refractivity contribution in [3.8, 4) is 0 Å². The van der Waals surface area contributed by atoms with Crippen molar-refractivity contribution in [2.45, 2.75) is 5.60 Å². The number of hydrogen-bond donors (Lipinski definition) is 3. The highest BCUT2D eigenvalue weighted by Gasteiger charge is 2.46. The quantitative estimate of drug-likeness (QED) is 0.469. The number of ether oxygens (including phenoxy) is 1. The summed E-state index contributed by atoms with van der Waals surface area (Å²) in [4.78, 5) is 23.5. The van der Waals surface area contributed by atoms with Gasteiger partial charge >= 0.3 is 5.97 Å². The van der Waals surface area contributed by atoms with Crippen molar-refractivity contribution in [3.63, 3.8) is 0 Å². The van der Waals surface area contributed by atoms with E-state index in [0.717, 1.165) is 7.11 Å². The van der Waals surface area contributed by atoms with Crippen LogP contribution in [0.15, 0.2) is 30.3 Å². The molecule has 6 heteroatoms. The van der Waals surface area contributed by atoms with E-state index in [1.807, 2.05) is 0 Å². The Bertz CT molecular complexity index is 420. The zero-order valence-electron chi connectivity index (χ0n) is 9.92. The van der Waals surface area contributed by atoms with Crippen LogP contribution in [-0.2, 0) is 19.9 Å². The van der Waals surface area contributed by atoms with Crippen LogP contribution in [0.1, 0.15) is 5.56 Å². The van der Waals surface area contributed by atoms with E-state index in [1.165, 1.54) is 12.1 Å². The molecule has 1 aromatic carbocycles. The van der Waals surface area contributed by atoms with Crippen LogP contribution in [0.2, 0.25) is 0 Å². The molecule has 0 aromatic heterocycles. The number of aliphatic hydroxyl groups excluding tert-OH is 1. The van der Waals surface area contributed by atoms with Crippen LogP contribution in [0.4, 0.5) is 0 Å². The molecule has 0 aliphatic rings. The molecule has 0 saturated carbocycles. The summed E-state index contributed by atoms with van der Waals surface area (Å²) in [7, 11) is 1.08. The Morgan fingerprint density at radius 3 is 2.44 bits per heavy atom. The monoisotopic (exact) mass is 253 g/mol. The maximum Gasteiger partial charge on any atom is 0.352 e. The van der Waals surface area contributed by atoms with Crippen LogP contribution in [0.3, 0.4) is 0 Å². The van der Waals surface area contributed by atoms with Crippen LogP contribution in [0.25, 0.3) is 0 Å². The Balaban J connectivity index is 3.11. The second-order valence-corrected chi connectivity index (χ2v) is 3.55. The summed E-state index contributed by atoms with van der Waals surface area (Å²) in [6, 6.07) is 7.74. The minimum Gasteiger partial charge on any atom is -0.466 e. The lowest BCUT2D eigenvalue weighted by Crippen LogP contribution is -2.51. The highest BCUT2D eigenvalue weighted by Crippen LogP contribution is 2.22. The number of rotatable bonds is 5. The van der Waals surface area contributed by atoms with Crippen molar-refractivity contribution in [2.24, 2.45) is 0 Å². The first-order chi connectivity index (χ1) is 8.57. The zero-order valence-corrected chi connectivity index (χ0v) is 9.92. The fraction of sp³-hybridized carbons (Fsp3) is 0.333. The van der Waals surface area contributed by atoms with Crippen LogP contribution in [0.5, 0.6) is 0 Å². The molecule has 0 saturated heterocycles. The molecule has 0 aliphatic heterocycles. The van der Waals surface area contributed by atoms with E-state index in [4.69, 9.17) is 5.11 Å². The number of nitrogens with one attached hydrogen (secondary N) is 1. The molecule has 0 heterocycles. The van der Waals surface area contributed by atoms with Gasteiger partial charge in [-0.15, -0.1) is 0 Å². The molecule has 3 N–H and O–H groups in total. The molecule has 18 heavy (non-hydrogen) atoms. The Hall–Kier alpha value is -1.92. The van der Waals surface area contributed by atoms with Crippen molar-refractivity contribution in [1.82, 2.24) is 5.32 Å². The third-order valence-corrected chi connectivity index (χ3v) is 2.40. The second kappa shape index (κ2) is 6.13. The van der Waals surface area contributed by atoms with Crippen LogP contribution in [-0.4, -0.2) is 42.4 Å². The van der Waals surface area contributed by atoms with Gasteiger partial charge in [0, 0.05) is 12.1 Å². The maximum absolute atomic E-state index is 11.9. The Labute approximate surface area is 104 Å². The molecule has 6 nitrogen and oxygen atoms in total. The minimum absolute atomic E-state index is 0.0645. The third-order valence-electron chi connectivity index (χ3n) is 2.40. The molecule has 98 valence electrons. The van der Waals surface area contributed by atoms with Gasteiger partial charge in [0.2, 0.25) is 0 Å². The smallest absolute Gasteiger partial charge is 0.352 e. The lowest BCUT2D eigenvalue weighted by atomic mass is 9.93. The average molecular weight is 253 g/mol. The van der Waals surface area contributed by atoms with Crippen molar-refractivity contribution in [2.75, 3.05) is 20.3 Å². The number of carbonyl (C=O) groups is 2. The van der Waals surface area contributed by atoms with E-state index in [-0.39, 0.29) is 18.7 Å². The van der Waals surface area contributed by atoms with Gasteiger partial charge in [-0.1, -0.05) is 30.3 Å². The number of aliphatic hydroxyl groups is 2. The van der Waals surface area contributed by atoms with Crippen molar-refractivity contribution >= 4 is 11.9 Å². The number of benzene rings is 1. The van der Waals surface area contributed by atoms with Crippen LogP contribution < -0.4 is 5.32 Å². The van der Waals surface area contributed by atoms with Gasteiger partial charge in [-0.05, 0) is 0 Å². The summed E-state index contributed by atoms with van der Waals surface area (Å²) in [6.07, 6.45) is 0. The van der Waals surface area contributed by atoms with Crippen molar-refractivity contribution < 1.29 is 24.5 Å². The minimum atomic E-state index is -2.41. The summed E-state index contributed by atoms with van der Waals surface area (Å²) < 4.78 is 4.46. The molecule has 1 rings (SSSR count). The summed E-state index contributed by atoms with van der Waals surface area (Å²) in [5.74, 6) is -2.02. The van der Waals surface area contributed by atoms with Gasteiger partial charge < -0.3 is 20.3 Å². The lowest BCUT2D eigenvalue weighted by molar-refractivity contribution is -0.170. The van der Waals surface area contributed by atoms with Gasteiger partial charge in [0.05, 0.1) is 13.7 Å². The molecule has 1 atom stereocenters. The zero-order chi connectivity index (χ0) is 13.6. The third kappa shape index (κ3) is 2.66. The topological polar surface area (TPSA) is 95.9 Å². The highest BCUT2D eigenvalue weighted by atomic mass is 16.5. The molecular formula is C12H15NO5. The van der Waals surface area contributed by atoms with E-state index >= 15 is 0 Å². The van der Waals surface area contributed by atoms with Gasteiger partial charge in [0.15, 0.2) is 0 Å². The van der Waals surface area contributed by atoms with Crippen LogP contribution >= 0.6 is 0 Å². The van der Waals surface area contributed by atoms with Crippen molar-refractivity contribution in [1.29, 1.82) is 0 Å². The van der Waals surface area contributed by atoms with E-state index in [0.29, 0.717) is 0 Å². The van der Waals surface area contributed by atoms with E-state index in [1.54, 1.807) is 18.2 Å². The van der Waals surface area contributed by atoms with E-state index in [2.05, 4.69) is 10.1 Å². The first-order valence-corrected chi connectivity index (χ1v) is 5.32. The van der Waals surface area contributed by atoms with Crippen molar-refractivity contribution in [3.05, 3.63) is 35.9 Å². The molecule has 1 aromatic rings. The average Bonchev–Trinajstić information content (AvgIpc) is 2.43. The molecule has 0 radical (unpaired) electrons. The summed E-state index contributed by atoms with van der Waals surface area (Å²) in [5.41, 5.74) is -2.31. The maximum atomic E-state index is 11.9. The molecule has 1 amide bonds. The van der Waals surface area contributed by atoms with Gasteiger partial charge in [-0.3, -0.25) is 4.79 Å². The number of hydrogen-bond acceptors (Lipinski definition) is 5. The van der Waals surface area contributed by atoms with Gasteiger partial charge in [-0.25, -0.2) is 4.79 Å². The predicted octanol–water partition coefficient (Wildman–Crippen LogP) is -0.844. The van der Waals surface area contributed by atoms with Crippen LogP contribution in [0, 0.1) is 0 Å². The van der Waals surface area contributed by atoms with Gasteiger partial charge in [-0.2, -0.15) is 0 Å². The van der Waals surface area contributed by atoms with E-state index < -0.39 is 17.5 Å². The summed E-state index contributed by atoms with van der Waals surface area (Å²) in [5, 5.41) is 21.2. The molecule has 0 aliphatic carbocycles. The lowest BCUT2D eigenvalue weighted by Gasteiger charge is -2.24. The SMILES string of the molecule is COC(=O)C(O)(C(=O)NCCO)c1ccccc1. The number of amides is 1. The number of carbonyl (C=O) groups excluding carboxylic acids is 2. The van der Waals surface area contributed by atoms with E-state index in [9.17, 15) is 14.7 Å². The largest absolute Gasteiger partial charge is 0.466 e. The first-order valence-electron chi connectivity index (χ1n) is 5.32. The number of methoxy groups -OCH3 is 1. The molecule has 0 spiro atoms. The fourth-order valence-electron chi connectivity index (χ4n) is 1.47. The van der Waals surface area contributed by atoms with Gasteiger partial charge in [0.25, 0.3) is 11.5 Å². The second-order valence-electron chi connectivity index (χ2n) is 3.55. The standard InChI is InChI=1S/C12H15NO5/c1-18-11(16)12(17,10(15)13-7-8-14)9-5-3-2-4-6-9/h2-6,14,17H,7-8H2,1H3,(H,13,15). The van der Waals surface area contributed by atoms with Gasteiger partial charge in [0.1, 0.15) is 0 Å². The highest BCUT2D eigenvalue weighted by molar-refractivity contribution is 6.06. The molecular weight excluding hydrogens is 238 g/mol. The summed E-state index contributed by atoms with van der Waals surface area (Å²) in [6.45, 7) is -0.358. The normalized spacial score (nSPS) is 13.5. The Morgan fingerprint density at radius 2 is 1.94 bits per heavy atom. The summed E-state index contributed by atoms with van der Waals surface area (Å²) >= 11 is 0. The molecule has 1 unspecified atom stereocenters. The number of esters is 1. The Morgan fingerprint density at radius 1 is 1.33 bits per heavy atom. The Kier molecular flexibility index (Phi) is 4.82. The first kappa shape index (κ1) is 14.1. The fourth-order valence-corrected chi connectivity index (χ4v) is 1.47. The molecule has 0 bridgehead atoms. The predicted molar refractivity (Wildman–Crippen MR) is 62.5 cm³/mol.